The van der Waals surface area contributed by atoms with Crippen LogP contribution in [0.5, 0.6) is 0 Å². The molecule has 2 atom stereocenters. The first-order valence-electron chi connectivity index (χ1n) is 6.28. The largest absolute Gasteiger partial charge is 0.383 e. The molecular weight excluding hydrogens is 212 g/mol. The zero-order valence-corrected chi connectivity index (χ0v) is 10.9. The Morgan fingerprint density at radius 1 is 1.29 bits per heavy atom. The van der Waals surface area contributed by atoms with Gasteiger partial charge in [0.2, 0.25) is 0 Å². The van der Waals surface area contributed by atoms with Gasteiger partial charge in [-0.25, -0.2) is 0 Å². The summed E-state index contributed by atoms with van der Waals surface area (Å²) in [6.07, 6.45) is 2.09. The Morgan fingerprint density at radius 2 is 2.00 bits per heavy atom. The van der Waals surface area contributed by atoms with Gasteiger partial charge < -0.3 is 15.8 Å². The third-order valence-corrected chi connectivity index (χ3v) is 2.91. The first-order chi connectivity index (χ1) is 8.27. The van der Waals surface area contributed by atoms with Gasteiger partial charge in [-0.15, -0.1) is 0 Å². The van der Waals surface area contributed by atoms with Crippen molar-refractivity contribution in [2.45, 2.75) is 31.8 Å². The highest BCUT2D eigenvalue weighted by atomic mass is 16.5. The number of nitrogens with two attached hydrogens (primary N) is 1. The van der Waals surface area contributed by atoms with Crippen molar-refractivity contribution >= 4 is 0 Å². The van der Waals surface area contributed by atoms with E-state index in [1.165, 1.54) is 5.56 Å². The van der Waals surface area contributed by atoms with Gasteiger partial charge in [-0.2, -0.15) is 0 Å². The average molecular weight is 236 g/mol. The molecule has 1 aromatic carbocycles. The van der Waals surface area contributed by atoms with E-state index in [0.29, 0.717) is 12.1 Å². The van der Waals surface area contributed by atoms with E-state index in [2.05, 4.69) is 36.5 Å². The second-order valence-electron chi connectivity index (χ2n) is 4.38. The van der Waals surface area contributed by atoms with Crippen LogP contribution in [-0.4, -0.2) is 26.3 Å². The van der Waals surface area contributed by atoms with Crippen molar-refractivity contribution in [3.8, 4) is 0 Å². The van der Waals surface area contributed by atoms with E-state index in [0.717, 1.165) is 26.0 Å². The lowest BCUT2D eigenvalue weighted by Crippen LogP contribution is -2.35. The van der Waals surface area contributed by atoms with E-state index in [4.69, 9.17) is 10.5 Å². The molecule has 2 unspecified atom stereocenters. The summed E-state index contributed by atoms with van der Waals surface area (Å²) >= 11 is 0. The molecule has 96 valence electrons. The Labute approximate surface area is 104 Å². The van der Waals surface area contributed by atoms with Crippen LogP contribution in [0.4, 0.5) is 0 Å². The van der Waals surface area contributed by atoms with E-state index in [1.807, 2.05) is 6.07 Å². The zero-order chi connectivity index (χ0) is 12.5. The van der Waals surface area contributed by atoms with Crippen molar-refractivity contribution < 1.29 is 4.74 Å². The average Bonchev–Trinajstić information content (AvgIpc) is 2.37. The number of ether oxygens (including phenoxy) is 1. The minimum atomic E-state index is 0.342. The van der Waals surface area contributed by atoms with Crippen molar-refractivity contribution in [1.82, 2.24) is 5.32 Å². The normalized spacial score (nSPS) is 14.5. The van der Waals surface area contributed by atoms with Crippen molar-refractivity contribution in [3.63, 3.8) is 0 Å². The molecule has 3 N–H and O–H groups in total. The Morgan fingerprint density at radius 3 is 2.59 bits per heavy atom. The highest BCUT2D eigenvalue weighted by Gasteiger charge is 2.12. The molecule has 0 aliphatic carbocycles. The smallest absolute Gasteiger partial charge is 0.0616 e. The standard InChI is InChI=1S/C14H24N2O/c1-12(13-7-4-3-5-8-13)16-14(11-17-2)9-6-10-15/h3-5,7-8,12,14,16H,6,9-11,15H2,1-2H3. The van der Waals surface area contributed by atoms with Crippen molar-refractivity contribution in [1.29, 1.82) is 0 Å². The fraction of sp³-hybridized carbons (Fsp3) is 0.571. The Hall–Kier alpha value is -0.900. The van der Waals surface area contributed by atoms with Gasteiger partial charge in [0.1, 0.15) is 0 Å². The van der Waals surface area contributed by atoms with Crippen LogP contribution in [-0.2, 0) is 4.74 Å². The topological polar surface area (TPSA) is 47.3 Å². The van der Waals surface area contributed by atoms with Crippen LogP contribution in [0.2, 0.25) is 0 Å². The fourth-order valence-corrected chi connectivity index (χ4v) is 1.97. The van der Waals surface area contributed by atoms with Crippen LogP contribution in [0.1, 0.15) is 31.4 Å². The molecular formula is C14H24N2O. The molecule has 3 nitrogen and oxygen atoms in total. The highest BCUT2D eigenvalue weighted by molar-refractivity contribution is 5.18. The van der Waals surface area contributed by atoms with Gasteiger partial charge in [-0.05, 0) is 31.9 Å². The third kappa shape index (κ3) is 5.31. The second-order valence-corrected chi connectivity index (χ2v) is 4.38. The summed E-state index contributed by atoms with van der Waals surface area (Å²) in [6.45, 7) is 3.65. The lowest BCUT2D eigenvalue weighted by Gasteiger charge is -2.23. The predicted molar refractivity (Wildman–Crippen MR) is 71.9 cm³/mol. The maximum Gasteiger partial charge on any atom is 0.0616 e. The Balaban J connectivity index is 2.48. The first-order valence-corrected chi connectivity index (χ1v) is 6.28. The monoisotopic (exact) mass is 236 g/mol. The highest BCUT2D eigenvalue weighted by Crippen LogP contribution is 2.13. The SMILES string of the molecule is COCC(CCCN)NC(C)c1ccccc1. The van der Waals surface area contributed by atoms with Gasteiger partial charge in [0.15, 0.2) is 0 Å². The molecule has 0 radical (unpaired) electrons. The first kappa shape index (κ1) is 14.2. The van der Waals surface area contributed by atoms with Crippen molar-refractivity contribution in [2.75, 3.05) is 20.3 Å². The van der Waals surface area contributed by atoms with Gasteiger partial charge in [0.05, 0.1) is 6.61 Å². The van der Waals surface area contributed by atoms with Gasteiger partial charge in [0, 0.05) is 19.2 Å². The van der Waals surface area contributed by atoms with Gasteiger partial charge in [-0.1, -0.05) is 30.3 Å². The van der Waals surface area contributed by atoms with Crippen LogP contribution in [0.25, 0.3) is 0 Å². The van der Waals surface area contributed by atoms with Gasteiger partial charge in [0.25, 0.3) is 0 Å². The predicted octanol–water partition coefficient (Wildman–Crippen LogP) is 2.09. The van der Waals surface area contributed by atoms with E-state index < -0.39 is 0 Å². The lowest BCUT2D eigenvalue weighted by atomic mass is 10.1. The molecule has 0 amide bonds. The summed E-state index contributed by atoms with van der Waals surface area (Å²) in [4.78, 5) is 0. The molecule has 0 bridgehead atoms. The molecule has 0 aliphatic rings. The number of benzene rings is 1. The summed E-state index contributed by atoms with van der Waals surface area (Å²) in [5.41, 5.74) is 6.85. The second kappa shape index (κ2) is 8.23. The zero-order valence-electron chi connectivity index (χ0n) is 10.9. The van der Waals surface area contributed by atoms with Gasteiger partial charge in [-0.3, -0.25) is 0 Å². The molecule has 0 saturated carbocycles. The molecule has 0 aromatic heterocycles. The molecule has 1 aromatic rings. The number of hydrogen-bond donors (Lipinski definition) is 2. The molecule has 0 saturated heterocycles. The summed E-state index contributed by atoms with van der Waals surface area (Å²) in [7, 11) is 1.74. The lowest BCUT2D eigenvalue weighted by molar-refractivity contribution is 0.156. The van der Waals surface area contributed by atoms with E-state index in [-0.39, 0.29) is 0 Å². The molecule has 0 aliphatic heterocycles. The number of rotatable bonds is 8. The van der Waals surface area contributed by atoms with Crippen LogP contribution >= 0.6 is 0 Å². The van der Waals surface area contributed by atoms with Gasteiger partial charge >= 0.3 is 0 Å². The maximum absolute atomic E-state index is 5.55. The van der Waals surface area contributed by atoms with Crippen LogP contribution in [0.3, 0.4) is 0 Å². The summed E-state index contributed by atoms with van der Waals surface area (Å²) < 4.78 is 5.23. The maximum atomic E-state index is 5.55. The molecule has 17 heavy (non-hydrogen) atoms. The van der Waals surface area contributed by atoms with Crippen LogP contribution in [0, 0.1) is 0 Å². The summed E-state index contributed by atoms with van der Waals surface area (Å²) in [5.74, 6) is 0. The molecule has 3 heteroatoms. The van der Waals surface area contributed by atoms with E-state index >= 15 is 0 Å². The minimum absolute atomic E-state index is 0.342. The van der Waals surface area contributed by atoms with Crippen LogP contribution < -0.4 is 11.1 Å². The van der Waals surface area contributed by atoms with Crippen molar-refractivity contribution in [3.05, 3.63) is 35.9 Å². The third-order valence-electron chi connectivity index (χ3n) is 2.91. The van der Waals surface area contributed by atoms with E-state index in [9.17, 15) is 0 Å². The number of hydrogen-bond acceptors (Lipinski definition) is 3. The molecule has 0 spiro atoms. The minimum Gasteiger partial charge on any atom is -0.383 e. The Bertz CT molecular complexity index is 290. The molecule has 0 heterocycles. The molecule has 0 fully saturated rings. The van der Waals surface area contributed by atoms with Crippen molar-refractivity contribution in [2.24, 2.45) is 5.73 Å². The quantitative estimate of drug-likeness (QED) is 0.726. The van der Waals surface area contributed by atoms with E-state index in [1.54, 1.807) is 7.11 Å². The summed E-state index contributed by atoms with van der Waals surface area (Å²) in [5, 5.41) is 3.59. The molecule has 1 rings (SSSR count). The number of nitrogens with one attached hydrogen (secondary N) is 1. The summed E-state index contributed by atoms with van der Waals surface area (Å²) in [6, 6.07) is 11.2. The fourth-order valence-electron chi connectivity index (χ4n) is 1.97. The number of methoxy groups -OCH3 is 1. The Kier molecular flexibility index (Phi) is 6.86. The van der Waals surface area contributed by atoms with Crippen LogP contribution in [0.15, 0.2) is 30.3 Å².